The molecule has 0 unspecified atom stereocenters. The molecule has 148 valence electrons. The van der Waals surface area contributed by atoms with Gasteiger partial charge in [0.25, 0.3) is 5.91 Å². The van der Waals surface area contributed by atoms with Crippen molar-refractivity contribution in [3.8, 4) is 0 Å². The molecule has 2 N–H and O–H groups in total. The molecule has 2 aromatic rings. The van der Waals surface area contributed by atoms with Crippen LogP contribution >= 0.6 is 11.3 Å². The van der Waals surface area contributed by atoms with Crippen LogP contribution in [0, 0.1) is 18.8 Å². The summed E-state index contributed by atoms with van der Waals surface area (Å²) in [6.07, 6.45) is 0. The number of hydrogen-bond donors (Lipinski definition) is 2. The molecular weight excluding hydrogens is 368 g/mol. The second-order valence-corrected chi connectivity index (χ2v) is 8.25. The van der Waals surface area contributed by atoms with E-state index in [4.69, 9.17) is 4.74 Å². The molecular formula is C18H26N4O4S. The molecule has 3 amide bonds. The van der Waals surface area contributed by atoms with E-state index in [0.717, 1.165) is 22.5 Å². The van der Waals surface area contributed by atoms with Crippen LogP contribution in [0.1, 0.15) is 43.1 Å². The number of nitrogens with zero attached hydrogens (tertiary/aromatic N) is 2. The Morgan fingerprint density at radius 1 is 1.22 bits per heavy atom. The standard InChI is InChI=1S/C18H26N4O4S/c1-10(2)7-19-18(25)20-15(23)9-26-17(24)14-6-13-12(5)21-22(8-11(3)4)16(13)27-14/h6,10-11H,7-9H2,1-5H3,(H2,19,20,23,25). The topological polar surface area (TPSA) is 102 Å². The molecule has 0 atom stereocenters. The van der Waals surface area contributed by atoms with Crippen molar-refractivity contribution in [1.29, 1.82) is 0 Å². The lowest BCUT2D eigenvalue weighted by Gasteiger charge is -2.08. The first-order valence-electron chi connectivity index (χ1n) is 8.89. The van der Waals surface area contributed by atoms with Crippen LogP contribution in [0.4, 0.5) is 4.79 Å². The molecule has 2 heterocycles. The number of nitrogens with one attached hydrogen (secondary N) is 2. The normalized spacial score (nSPS) is 11.2. The highest BCUT2D eigenvalue weighted by molar-refractivity contribution is 7.20. The van der Waals surface area contributed by atoms with E-state index < -0.39 is 24.5 Å². The fourth-order valence-corrected chi connectivity index (χ4v) is 3.45. The maximum Gasteiger partial charge on any atom is 0.348 e. The maximum atomic E-state index is 12.2. The van der Waals surface area contributed by atoms with Gasteiger partial charge in [0.05, 0.1) is 5.69 Å². The Labute approximate surface area is 162 Å². The number of carbonyl (C=O) groups excluding carboxylic acids is 3. The van der Waals surface area contributed by atoms with E-state index in [0.29, 0.717) is 17.3 Å². The van der Waals surface area contributed by atoms with Gasteiger partial charge in [-0.05, 0) is 24.8 Å². The first kappa shape index (κ1) is 20.9. The molecule has 0 spiro atoms. The Morgan fingerprint density at radius 3 is 2.56 bits per heavy atom. The van der Waals surface area contributed by atoms with Crippen molar-refractivity contribution in [2.24, 2.45) is 11.8 Å². The van der Waals surface area contributed by atoms with Crippen molar-refractivity contribution in [1.82, 2.24) is 20.4 Å². The summed E-state index contributed by atoms with van der Waals surface area (Å²) in [5, 5.41) is 10.1. The summed E-state index contributed by atoms with van der Waals surface area (Å²) >= 11 is 1.29. The SMILES string of the molecule is Cc1nn(CC(C)C)c2sc(C(=O)OCC(=O)NC(=O)NCC(C)C)cc12. The van der Waals surface area contributed by atoms with Gasteiger partial charge in [-0.15, -0.1) is 11.3 Å². The summed E-state index contributed by atoms with van der Waals surface area (Å²) in [5.41, 5.74) is 0.848. The number of thiophene rings is 1. The Kier molecular flexibility index (Phi) is 6.95. The molecule has 0 aliphatic carbocycles. The van der Waals surface area contributed by atoms with Gasteiger partial charge in [0, 0.05) is 18.5 Å². The van der Waals surface area contributed by atoms with Crippen molar-refractivity contribution in [2.75, 3.05) is 13.2 Å². The molecule has 0 aliphatic heterocycles. The predicted molar refractivity (Wildman–Crippen MR) is 104 cm³/mol. The Hall–Kier alpha value is -2.42. The summed E-state index contributed by atoms with van der Waals surface area (Å²) < 4.78 is 6.92. The van der Waals surface area contributed by atoms with Crippen molar-refractivity contribution in [3.63, 3.8) is 0 Å². The third kappa shape index (κ3) is 5.78. The zero-order valence-electron chi connectivity index (χ0n) is 16.3. The number of ether oxygens (including phenoxy) is 1. The van der Waals surface area contributed by atoms with E-state index in [2.05, 4.69) is 29.6 Å². The van der Waals surface area contributed by atoms with E-state index in [1.54, 1.807) is 6.07 Å². The van der Waals surface area contributed by atoms with Gasteiger partial charge in [0.2, 0.25) is 0 Å². The second-order valence-electron chi connectivity index (χ2n) is 7.22. The number of rotatable bonds is 7. The predicted octanol–water partition coefficient (Wildman–Crippen LogP) is 2.70. The van der Waals surface area contributed by atoms with Crippen LogP contribution in [0.25, 0.3) is 10.2 Å². The molecule has 0 saturated carbocycles. The Morgan fingerprint density at radius 2 is 1.93 bits per heavy atom. The average molecular weight is 394 g/mol. The largest absolute Gasteiger partial charge is 0.451 e. The van der Waals surface area contributed by atoms with Crippen LogP contribution in [0.2, 0.25) is 0 Å². The minimum absolute atomic E-state index is 0.270. The molecule has 0 saturated heterocycles. The minimum atomic E-state index is -0.673. The third-order valence-electron chi connectivity index (χ3n) is 3.60. The molecule has 0 aromatic carbocycles. The minimum Gasteiger partial charge on any atom is -0.451 e. The smallest absolute Gasteiger partial charge is 0.348 e. The highest BCUT2D eigenvalue weighted by Gasteiger charge is 2.19. The van der Waals surface area contributed by atoms with Gasteiger partial charge in [0.1, 0.15) is 9.71 Å². The monoisotopic (exact) mass is 394 g/mol. The molecule has 2 rings (SSSR count). The Bertz CT molecular complexity index is 838. The number of fused-ring (bicyclic) bond motifs is 1. The number of aryl methyl sites for hydroxylation is 1. The molecule has 0 bridgehead atoms. The molecule has 2 aromatic heterocycles. The van der Waals surface area contributed by atoms with Gasteiger partial charge in [-0.25, -0.2) is 9.59 Å². The Balaban J connectivity index is 1.94. The number of hydrogen-bond acceptors (Lipinski definition) is 6. The zero-order chi connectivity index (χ0) is 20.1. The maximum absolute atomic E-state index is 12.2. The van der Waals surface area contributed by atoms with Crippen molar-refractivity contribution >= 4 is 39.5 Å². The second kappa shape index (κ2) is 8.98. The van der Waals surface area contributed by atoms with Crippen LogP contribution in [0.5, 0.6) is 0 Å². The van der Waals surface area contributed by atoms with Crippen LogP contribution in [0.3, 0.4) is 0 Å². The summed E-state index contributed by atoms with van der Waals surface area (Å²) in [7, 11) is 0. The summed E-state index contributed by atoms with van der Waals surface area (Å²) in [6.45, 7) is 10.7. The van der Waals surface area contributed by atoms with Crippen molar-refractivity contribution in [2.45, 2.75) is 41.2 Å². The third-order valence-corrected chi connectivity index (χ3v) is 4.73. The van der Waals surface area contributed by atoms with E-state index in [1.165, 1.54) is 11.3 Å². The van der Waals surface area contributed by atoms with E-state index in [1.807, 2.05) is 25.5 Å². The number of carbonyl (C=O) groups is 3. The fourth-order valence-electron chi connectivity index (χ4n) is 2.39. The van der Waals surface area contributed by atoms with Crippen LogP contribution in [-0.4, -0.2) is 40.8 Å². The lowest BCUT2D eigenvalue weighted by Crippen LogP contribution is -2.42. The quantitative estimate of drug-likeness (QED) is 0.703. The summed E-state index contributed by atoms with van der Waals surface area (Å²) in [5.74, 6) is -0.570. The van der Waals surface area contributed by atoms with Crippen LogP contribution in [0.15, 0.2) is 6.07 Å². The zero-order valence-corrected chi connectivity index (χ0v) is 17.1. The van der Waals surface area contributed by atoms with Gasteiger partial charge in [-0.2, -0.15) is 5.10 Å². The lowest BCUT2D eigenvalue weighted by atomic mass is 10.2. The lowest BCUT2D eigenvalue weighted by molar-refractivity contribution is -0.123. The summed E-state index contributed by atoms with van der Waals surface area (Å²) in [4.78, 5) is 36.8. The molecule has 8 nitrogen and oxygen atoms in total. The van der Waals surface area contributed by atoms with Crippen molar-refractivity contribution in [3.05, 3.63) is 16.6 Å². The van der Waals surface area contributed by atoms with E-state index >= 15 is 0 Å². The molecule has 0 radical (unpaired) electrons. The van der Waals surface area contributed by atoms with Gasteiger partial charge in [-0.3, -0.25) is 14.8 Å². The fraction of sp³-hybridized carbons (Fsp3) is 0.556. The van der Waals surface area contributed by atoms with Crippen LogP contribution in [-0.2, 0) is 16.1 Å². The van der Waals surface area contributed by atoms with Crippen LogP contribution < -0.4 is 10.6 Å². The molecule has 0 fully saturated rings. The van der Waals surface area contributed by atoms with Gasteiger partial charge >= 0.3 is 12.0 Å². The number of amides is 3. The number of urea groups is 1. The summed E-state index contributed by atoms with van der Waals surface area (Å²) in [6, 6.07) is 1.13. The van der Waals surface area contributed by atoms with E-state index in [-0.39, 0.29) is 5.92 Å². The van der Waals surface area contributed by atoms with Gasteiger partial charge < -0.3 is 10.1 Å². The van der Waals surface area contributed by atoms with Gasteiger partial charge in [0.15, 0.2) is 6.61 Å². The number of aromatic nitrogens is 2. The van der Waals surface area contributed by atoms with E-state index in [9.17, 15) is 14.4 Å². The highest BCUT2D eigenvalue weighted by Crippen LogP contribution is 2.29. The molecule has 9 heteroatoms. The number of esters is 1. The molecule has 0 aliphatic rings. The molecule has 27 heavy (non-hydrogen) atoms. The average Bonchev–Trinajstić information content (AvgIpc) is 3.12. The van der Waals surface area contributed by atoms with Crippen molar-refractivity contribution < 1.29 is 19.1 Å². The first-order chi connectivity index (χ1) is 12.7. The highest BCUT2D eigenvalue weighted by atomic mass is 32.1. The van der Waals surface area contributed by atoms with Gasteiger partial charge in [-0.1, -0.05) is 27.7 Å². The first-order valence-corrected chi connectivity index (χ1v) is 9.70. The number of imide groups is 1.